The molecule has 1 aromatic heterocycles. The number of amides is 3. The molecule has 0 radical (unpaired) electrons. The number of aromatic amines is 1. The second-order valence-corrected chi connectivity index (χ2v) is 11.8. The number of rotatable bonds is 6. The first kappa shape index (κ1) is 33.9. The Morgan fingerprint density at radius 3 is 2.46 bits per heavy atom. The maximum Gasteiger partial charge on any atom is 0.490 e. The molecule has 3 aromatic rings. The fourth-order valence-electron chi connectivity index (χ4n) is 5.65. The summed E-state index contributed by atoms with van der Waals surface area (Å²) in [6.07, 6.45) is -1.69. The van der Waals surface area contributed by atoms with Crippen molar-refractivity contribution in [3.05, 3.63) is 69.9 Å². The van der Waals surface area contributed by atoms with Gasteiger partial charge in [-0.2, -0.15) is 13.2 Å². The molecule has 2 aromatic carbocycles. The summed E-state index contributed by atoms with van der Waals surface area (Å²) in [6, 6.07) is 11.3. The van der Waals surface area contributed by atoms with E-state index in [2.05, 4.69) is 15.6 Å². The SMILES string of the molecule is CC(C)(N)C(=O)N[C@@H](Cc1c[nH]c2ccccc12)C(=O)N1CCC[C@]2(CC1)C(=O)Nc1ccc([N+](=O)[O-])cc12.O=C(O)C(F)(F)F. The number of nitro benzene ring substituents is 1. The Morgan fingerprint density at radius 1 is 1.15 bits per heavy atom. The number of benzene rings is 2. The number of carboxylic acid groups (broad SMARTS) is 1. The van der Waals surface area contributed by atoms with E-state index in [4.69, 9.17) is 15.6 Å². The second kappa shape index (κ2) is 12.8. The van der Waals surface area contributed by atoms with Crippen LogP contribution >= 0.6 is 0 Å². The first-order valence-electron chi connectivity index (χ1n) is 14.3. The topological polar surface area (TPSA) is 201 Å². The van der Waals surface area contributed by atoms with Gasteiger partial charge < -0.3 is 31.4 Å². The molecule has 246 valence electrons. The lowest BCUT2D eigenvalue weighted by molar-refractivity contribution is -0.384. The molecule has 3 amide bonds. The standard InChI is InChI=1S/C28H32N6O5.C2HF3O2/c1-27(2,29)25(36)32-23(14-17-16-30-21-7-4-3-6-19(17)21)24(35)33-12-5-10-28(11-13-33)20-15-18(34(38)39)8-9-22(20)31-26(28)37;3-2(4,5)1(6)7/h3-4,6-9,15-16,23,30H,5,10-14,29H2,1-2H3,(H,31,37)(H,32,36);(H,6,7)/t23-,28+;/m0./s1. The zero-order valence-corrected chi connectivity index (χ0v) is 24.9. The number of anilines is 1. The van der Waals surface area contributed by atoms with E-state index >= 15 is 0 Å². The predicted molar refractivity (Wildman–Crippen MR) is 160 cm³/mol. The normalized spacial score (nSPS) is 18.6. The maximum atomic E-state index is 13.9. The van der Waals surface area contributed by atoms with Crippen LogP contribution in [0.1, 0.15) is 44.2 Å². The number of non-ortho nitro benzene ring substituents is 1. The molecule has 2 aliphatic heterocycles. The molecule has 2 aliphatic rings. The largest absolute Gasteiger partial charge is 0.490 e. The highest BCUT2D eigenvalue weighted by molar-refractivity contribution is 6.06. The van der Waals surface area contributed by atoms with Crippen LogP contribution in [0.4, 0.5) is 24.5 Å². The molecule has 1 fully saturated rings. The van der Waals surface area contributed by atoms with Gasteiger partial charge in [0, 0.05) is 54.4 Å². The first-order chi connectivity index (χ1) is 21.4. The van der Waals surface area contributed by atoms with Gasteiger partial charge in [-0.25, -0.2) is 4.79 Å². The number of halogens is 3. The first-order valence-corrected chi connectivity index (χ1v) is 14.3. The zero-order chi connectivity index (χ0) is 34.0. The number of aromatic nitrogens is 1. The van der Waals surface area contributed by atoms with Gasteiger partial charge in [-0.05, 0) is 56.4 Å². The number of likely N-dealkylation sites (tertiary alicyclic amines) is 1. The van der Waals surface area contributed by atoms with E-state index in [0.29, 0.717) is 37.1 Å². The summed E-state index contributed by atoms with van der Waals surface area (Å²) in [6.45, 7) is 3.83. The number of carbonyl (C=O) groups is 4. The highest BCUT2D eigenvalue weighted by Gasteiger charge is 2.48. The smallest absolute Gasteiger partial charge is 0.475 e. The van der Waals surface area contributed by atoms with E-state index in [1.807, 2.05) is 30.5 Å². The van der Waals surface area contributed by atoms with E-state index in [0.717, 1.165) is 16.5 Å². The number of nitrogens with one attached hydrogen (secondary N) is 3. The fraction of sp³-hybridized carbons (Fsp3) is 0.400. The average molecular weight is 647 g/mol. The monoisotopic (exact) mass is 646 g/mol. The van der Waals surface area contributed by atoms with Crippen molar-refractivity contribution < 1.29 is 42.4 Å². The van der Waals surface area contributed by atoms with Gasteiger partial charge in [-0.3, -0.25) is 24.5 Å². The number of carbonyl (C=O) groups excluding carboxylic acids is 3. The van der Waals surface area contributed by atoms with E-state index < -0.39 is 40.0 Å². The third-order valence-electron chi connectivity index (χ3n) is 8.09. The Morgan fingerprint density at radius 2 is 1.83 bits per heavy atom. The van der Waals surface area contributed by atoms with Crippen LogP contribution < -0.4 is 16.4 Å². The highest BCUT2D eigenvalue weighted by atomic mass is 19.4. The molecule has 16 heteroatoms. The van der Waals surface area contributed by atoms with Crippen molar-refractivity contribution in [1.82, 2.24) is 15.2 Å². The van der Waals surface area contributed by atoms with E-state index in [-0.39, 0.29) is 30.5 Å². The maximum absolute atomic E-state index is 13.9. The molecule has 5 rings (SSSR count). The molecule has 13 nitrogen and oxygen atoms in total. The average Bonchev–Trinajstić information content (AvgIpc) is 3.40. The Balaban J connectivity index is 0.000000617. The molecule has 0 unspecified atom stereocenters. The van der Waals surface area contributed by atoms with Crippen molar-refractivity contribution in [2.24, 2.45) is 5.73 Å². The summed E-state index contributed by atoms with van der Waals surface area (Å²) in [7, 11) is 0. The van der Waals surface area contributed by atoms with Crippen LogP contribution in [0.2, 0.25) is 0 Å². The lowest BCUT2D eigenvalue weighted by atomic mass is 9.75. The Kier molecular flexibility index (Phi) is 9.42. The van der Waals surface area contributed by atoms with Crippen LogP contribution in [0.15, 0.2) is 48.7 Å². The number of hydrogen-bond donors (Lipinski definition) is 5. The van der Waals surface area contributed by atoms with Crippen molar-refractivity contribution in [2.75, 3.05) is 18.4 Å². The van der Waals surface area contributed by atoms with Crippen LogP contribution in [-0.4, -0.2) is 74.5 Å². The highest BCUT2D eigenvalue weighted by Crippen LogP contribution is 2.46. The minimum absolute atomic E-state index is 0.0762. The number of para-hydroxylation sites is 1. The number of nitrogens with zero attached hydrogens (tertiary/aromatic N) is 2. The van der Waals surface area contributed by atoms with E-state index in [1.165, 1.54) is 12.1 Å². The van der Waals surface area contributed by atoms with Gasteiger partial charge >= 0.3 is 12.1 Å². The lowest BCUT2D eigenvalue weighted by Crippen LogP contribution is -2.57. The van der Waals surface area contributed by atoms with Gasteiger partial charge in [0.25, 0.3) is 5.69 Å². The molecule has 0 saturated carbocycles. The van der Waals surface area contributed by atoms with Gasteiger partial charge in [-0.1, -0.05) is 18.2 Å². The lowest BCUT2D eigenvalue weighted by Gasteiger charge is -2.30. The number of nitrogens with two attached hydrogens (primary N) is 1. The molecule has 0 bridgehead atoms. The minimum Gasteiger partial charge on any atom is -0.475 e. The number of fused-ring (bicyclic) bond motifs is 3. The number of H-pyrrole nitrogens is 1. The van der Waals surface area contributed by atoms with Gasteiger partial charge in [0.2, 0.25) is 17.7 Å². The van der Waals surface area contributed by atoms with Gasteiger partial charge in [-0.15, -0.1) is 0 Å². The summed E-state index contributed by atoms with van der Waals surface area (Å²) in [5.74, 6) is -3.66. The van der Waals surface area contributed by atoms with Crippen LogP contribution in [-0.2, 0) is 31.0 Å². The predicted octanol–water partition coefficient (Wildman–Crippen LogP) is 3.38. The van der Waals surface area contributed by atoms with E-state index in [9.17, 15) is 37.7 Å². The number of hydrogen-bond acceptors (Lipinski definition) is 7. The van der Waals surface area contributed by atoms with E-state index in [1.54, 1.807) is 24.8 Å². The molecular formula is C30H33F3N6O7. The van der Waals surface area contributed by atoms with Crippen molar-refractivity contribution in [1.29, 1.82) is 0 Å². The van der Waals surface area contributed by atoms with Crippen molar-refractivity contribution in [3.8, 4) is 0 Å². The Labute approximate surface area is 260 Å². The van der Waals surface area contributed by atoms with Crippen molar-refractivity contribution in [3.63, 3.8) is 0 Å². The third kappa shape index (κ3) is 7.11. The summed E-state index contributed by atoms with van der Waals surface area (Å²) in [5.41, 5.74) is 6.82. The second-order valence-electron chi connectivity index (χ2n) is 11.8. The molecule has 2 atom stereocenters. The molecule has 1 spiro atoms. The van der Waals surface area contributed by atoms with Gasteiger partial charge in [0.1, 0.15) is 6.04 Å². The number of aliphatic carboxylic acids is 1. The van der Waals surface area contributed by atoms with Crippen LogP contribution in [0.3, 0.4) is 0 Å². The molecule has 1 saturated heterocycles. The van der Waals surface area contributed by atoms with Crippen LogP contribution in [0, 0.1) is 10.1 Å². The third-order valence-corrected chi connectivity index (χ3v) is 8.09. The fourth-order valence-corrected chi connectivity index (χ4v) is 5.65. The summed E-state index contributed by atoms with van der Waals surface area (Å²) in [4.78, 5) is 64.7. The summed E-state index contributed by atoms with van der Waals surface area (Å²) < 4.78 is 31.7. The summed E-state index contributed by atoms with van der Waals surface area (Å²) in [5, 5.41) is 25.2. The van der Waals surface area contributed by atoms with Crippen LogP contribution in [0.5, 0.6) is 0 Å². The molecule has 0 aliphatic carbocycles. The van der Waals surface area contributed by atoms with Crippen LogP contribution in [0.25, 0.3) is 10.9 Å². The number of nitro groups is 1. The van der Waals surface area contributed by atoms with Crippen molar-refractivity contribution >= 4 is 46.0 Å². The van der Waals surface area contributed by atoms with Crippen molar-refractivity contribution in [2.45, 2.75) is 62.7 Å². The number of carboxylic acids is 1. The minimum atomic E-state index is -5.08. The summed E-state index contributed by atoms with van der Waals surface area (Å²) >= 11 is 0. The Bertz CT molecular complexity index is 1680. The Hall–Kier alpha value is -4.99. The molecule has 6 N–H and O–H groups in total. The quantitative estimate of drug-likeness (QED) is 0.198. The zero-order valence-electron chi connectivity index (χ0n) is 24.9. The van der Waals surface area contributed by atoms with Gasteiger partial charge in [0.05, 0.1) is 15.9 Å². The molecule has 46 heavy (non-hydrogen) atoms. The molecular weight excluding hydrogens is 613 g/mol. The number of alkyl halides is 3. The molecule has 3 heterocycles. The van der Waals surface area contributed by atoms with Gasteiger partial charge in [0.15, 0.2) is 0 Å².